The highest BCUT2D eigenvalue weighted by atomic mass is 35.7. The molecular formula is C25H31ClN4O7S. The smallest absolute Gasteiger partial charge is 0.298 e. The molecule has 0 aliphatic carbocycles. The molecule has 13 heteroatoms. The Balaban J connectivity index is 0.000000926. The van der Waals surface area contributed by atoms with Crippen LogP contribution in [-0.2, 0) is 21.4 Å². The minimum Gasteiger partial charge on any atom is -0.298 e. The van der Waals surface area contributed by atoms with Gasteiger partial charge in [0.2, 0.25) is 16.6 Å². The molecule has 38 heavy (non-hydrogen) atoms. The lowest BCUT2D eigenvalue weighted by Gasteiger charge is -2.17. The van der Waals surface area contributed by atoms with Crippen molar-refractivity contribution in [3.63, 3.8) is 0 Å². The molecule has 0 unspecified atom stereocenters. The summed E-state index contributed by atoms with van der Waals surface area (Å²) in [7, 11) is -8.70. The van der Waals surface area contributed by atoms with Crippen LogP contribution in [0.25, 0.3) is 11.1 Å². The van der Waals surface area contributed by atoms with Gasteiger partial charge in [-0.3, -0.25) is 15.6 Å². The molecule has 0 saturated heterocycles. The summed E-state index contributed by atoms with van der Waals surface area (Å²) in [5.41, 5.74) is 10.5. The summed E-state index contributed by atoms with van der Waals surface area (Å²) in [5, 5.41) is 5.12. The number of nitrogens with one attached hydrogen (secondary N) is 2. The van der Waals surface area contributed by atoms with Crippen molar-refractivity contribution in [3.05, 3.63) is 78.1 Å². The number of pyridine rings is 1. The monoisotopic (exact) mass is 566 g/mol. The molecule has 1 heterocycles. The maximum atomic E-state index is 12.8. The predicted molar refractivity (Wildman–Crippen MR) is 130 cm³/mol. The molecule has 0 saturated carbocycles. The Morgan fingerprint density at radius 2 is 1.34 bits per heavy atom. The van der Waals surface area contributed by atoms with E-state index in [2.05, 4.69) is 67.4 Å². The summed E-state index contributed by atoms with van der Waals surface area (Å²) in [6, 6.07) is 20.4. The van der Waals surface area contributed by atoms with Crippen molar-refractivity contribution in [3.8, 4) is 11.1 Å². The van der Waals surface area contributed by atoms with Gasteiger partial charge < -0.3 is 0 Å². The number of amides is 1. The van der Waals surface area contributed by atoms with Crippen LogP contribution < -0.4 is 39.2 Å². The zero-order valence-electron chi connectivity index (χ0n) is 21.4. The third kappa shape index (κ3) is 9.99. The Morgan fingerprint density at radius 3 is 1.76 bits per heavy atom. The van der Waals surface area contributed by atoms with Crippen molar-refractivity contribution in [2.45, 2.75) is 51.0 Å². The summed E-state index contributed by atoms with van der Waals surface area (Å²) >= 11 is 0. The van der Waals surface area contributed by atoms with Crippen LogP contribution >= 0.6 is 0 Å². The van der Waals surface area contributed by atoms with E-state index in [9.17, 15) is 13.2 Å². The van der Waals surface area contributed by atoms with Gasteiger partial charge in [-0.25, -0.2) is 32.2 Å². The molecule has 206 valence electrons. The molecule has 11 nitrogen and oxygen atoms in total. The van der Waals surface area contributed by atoms with Crippen LogP contribution in [0.1, 0.15) is 50.9 Å². The molecule has 0 radical (unpaired) electrons. The maximum Gasteiger partial charge on any atom is 0.304 e. The van der Waals surface area contributed by atoms with Gasteiger partial charge in [-0.05, 0) is 35.4 Å². The topological polar surface area (TPSA) is 197 Å². The van der Waals surface area contributed by atoms with Gasteiger partial charge in [0.25, 0.3) is 0 Å². The first kappa shape index (κ1) is 31.1. The van der Waals surface area contributed by atoms with Crippen LogP contribution in [0.4, 0.5) is 5.69 Å². The molecule has 0 aliphatic heterocycles. The van der Waals surface area contributed by atoms with Gasteiger partial charge in [0.15, 0.2) is 11.4 Å². The normalized spacial score (nSPS) is 11.7. The highest BCUT2D eigenvalue weighted by Gasteiger charge is 2.26. The molecule has 0 fully saturated rings. The molecule has 0 aliphatic rings. The van der Waals surface area contributed by atoms with Crippen molar-refractivity contribution in [1.82, 2.24) is 5.43 Å². The SMILES string of the molecule is CC(C)c1cc(-c2ccccc2)cc(C(C)C)[n+]1CC(=O)NNc1ccc(S(N)(=O)=O)cc1.[O-][Cl+3]([O-])([O-])[O-]. The number of rotatable bonds is 8. The summed E-state index contributed by atoms with van der Waals surface area (Å²) in [4.78, 5) is 12.8. The standard InChI is InChI=1S/C25H30N4O3S.ClHO4/c1-17(2)23-14-20(19-8-6-5-7-9-19)15-24(18(3)4)29(23)16-25(30)28-27-21-10-12-22(13-11-21)33(26,31)32;2-1(3,4)5/h5-15,17-18,27H,16H2,1-4H3,(H2-,26,28,30,31,32);(H,2,3,4,5). The number of nitrogens with zero attached hydrogens (tertiary/aromatic N) is 1. The Morgan fingerprint density at radius 1 is 0.868 bits per heavy atom. The third-order valence-electron chi connectivity index (χ3n) is 5.35. The second-order valence-corrected chi connectivity index (χ2v) is 11.3. The molecule has 3 aromatic rings. The van der Waals surface area contributed by atoms with Crippen molar-refractivity contribution < 1.29 is 46.7 Å². The molecule has 1 amide bonds. The molecule has 1 aromatic heterocycles. The highest BCUT2D eigenvalue weighted by molar-refractivity contribution is 7.89. The summed E-state index contributed by atoms with van der Waals surface area (Å²) in [5.74, 6) is 0.224. The number of carbonyl (C=O) groups is 1. The van der Waals surface area contributed by atoms with Gasteiger partial charge in [0.1, 0.15) is 0 Å². The Kier molecular flexibility index (Phi) is 10.7. The second kappa shape index (κ2) is 13.1. The van der Waals surface area contributed by atoms with E-state index in [1.807, 2.05) is 18.2 Å². The Bertz CT molecular complexity index is 1290. The number of anilines is 1. The number of hydrogen-bond acceptors (Lipinski definition) is 8. The molecule has 0 atom stereocenters. The summed E-state index contributed by atoms with van der Waals surface area (Å²) in [6.45, 7) is 8.63. The van der Waals surface area contributed by atoms with Gasteiger partial charge in [-0.1, -0.05) is 58.0 Å². The maximum absolute atomic E-state index is 12.8. The number of sulfonamides is 1. The van der Waals surface area contributed by atoms with Gasteiger partial charge in [-0.15, -0.1) is 10.2 Å². The number of benzene rings is 2. The molecular weight excluding hydrogens is 536 g/mol. The fraction of sp³-hybridized carbons (Fsp3) is 0.280. The van der Waals surface area contributed by atoms with Crippen LogP contribution in [0.5, 0.6) is 0 Å². The van der Waals surface area contributed by atoms with Crippen LogP contribution in [0.15, 0.2) is 71.6 Å². The first-order valence-electron chi connectivity index (χ1n) is 11.5. The molecule has 2 aromatic carbocycles. The molecule has 3 rings (SSSR count). The number of hydrogen-bond donors (Lipinski definition) is 3. The Labute approximate surface area is 224 Å². The van der Waals surface area contributed by atoms with Gasteiger partial charge in [0.05, 0.1) is 10.6 Å². The van der Waals surface area contributed by atoms with Gasteiger partial charge >= 0.3 is 5.91 Å². The van der Waals surface area contributed by atoms with Crippen molar-refractivity contribution >= 4 is 21.6 Å². The lowest BCUT2D eigenvalue weighted by molar-refractivity contribution is -2.00. The Hall–Kier alpha value is -3.10. The van der Waals surface area contributed by atoms with Gasteiger partial charge in [0, 0.05) is 24.0 Å². The van der Waals surface area contributed by atoms with Crippen molar-refractivity contribution in [2.75, 3.05) is 5.43 Å². The number of hydrazine groups is 1. The molecule has 0 bridgehead atoms. The van der Waals surface area contributed by atoms with Crippen molar-refractivity contribution in [2.24, 2.45) is 5.14 Å². The fourth-order valence-corrected chi connectivity index (χ4v) is 4.17. The quantitative estimate of drug-likeness (QED) is 0.226. The number of aromatic nitrogens is 1. The number of halogens is 1. The van der Waals surface area contributed by atoms with E-state index in [0.29, 0.717) is 5.69 Å². The second-order valence-electron chi connectivity index (χ2n) is 8.98. The molecule has 4 N–H and O–H groups in total. The average molecular weight is 567 g/mol. The van der Waals surface area contributed by atoms with Crippen LogP contribution in [-0.4, -0.2) is 14.3 Å². The van der Waals surface area contributed by atoms with E-state index in [4.69, 9.17) is 23.8 Å². The van der Waals surface area contributed by atoms with E-state index in [-0.39, 0.29) is 29.2 Å². The first-order chi connectivity index (χ1) is 17.6. The predicted octanol–water partition coefficient (Wildman–Crippen LogP) is -1.08. The number of carbonyl (C=O) groups excluding carboxylic acids is 1. The van der Waals surface area contributed by atoms with E-state index >= 15 is 0 Å². The average Bonchev–Trinajstić information content (AvgIpc) is 2.81. The van der Waals surface area contributed by atoms with Gasteiger partial charge in [-0.2, -0.15) is 4.57 Å². The third-order valence-corrected chi connectivity index (χ3v) is 6.28. The zero-order valence-corrected chi connectivity index (χ0v) is 23.0. The highest BCUT2D eigenvalue weighted by Crippen LogP contribution is 2.25. The van der Waals surface area contributed by atoms with E-state index in [1.54, 1.807) is 12.1 Å². The summed E-state index contributed by atoms with van der Waals surface area (Å²) in [6.07, 6.45) is 0. The van der Waals surface area contributed by atoms with E-state index < -0.39 is 20.3 Å². The fourth-order valence-electron chi connectivity index (χ4n) is 3.65. The van der Waals surface area contributed by atoms with Crippen LogP contribution in [0.3, 0.4) is 0 Å². The lowest BCUT2D eigenvalue weighted by Crippen LogP contribution is -2.68. The first-order valence-corrected chi connectivity index (χ1v) is 14.3. The van der Waals surface area contributed by atoms with E-state index in [0.717, 1.165) is 22.5 Å². The number of primary sulfonamides is 1. The van der Waals surface area contributed by atoms with Crippen LogP contribution in [0.2, 0.25) is 0 Å². The largest absolute Gasteiger partial charge is 0.304 e. The molecule has 0 spiro atoms. The van der Waals surface area contributed by atoms with Crippen molar-refractivity contribution in [1.29, 1.82) is 0 Å². The minimum atomic E-state index is -4.94. The zero-order chi connectivity index (χ0) is 28.7. The van der Waals surface area contributed by atoms with E-state index in [1.165, 1.54) is 12.1 Å². The summed E-state index contributed by atoms with van der Waals surface area (Å²) < 4.78 is 58.8. The van der Waals surface area contributed by atoms with Crippen LogP contribution in [0, 0.1) is 10.2 Å². The lowest BCUT2D eigenvalue weighted by atomic mass is 9.97. The minimum absolute atomic E-state index is 0.0107. The number of nitrogens with two attached hydrogens (primary N) is 1.